The van der Waals surface area contributed by atoms with Gasteiger partial charge < -0.3 is 9.84 Å². The number of hydrogen-bond donors (Lipinski definition) is 1. The van der Waals surface area contributed by atoms with Crippen molar-refractivity contribution in [1.82, 2.24) is 0 Å². The second-order valence-electron chi connectivity index (χ2n) is 5.76. The molecule has 0 aromatic carbocycles. The standard InChI is InChI=1S/C14H26O4/c1-10(2)8-14(5,11(3)4)13(17)18-12(9-16)6-7-15/h9-12,15H,6-8H2,1-5H3. The van der Waals surface area contributed by atoms with Gasteiger partial charge in [0.25, 0.3) is 0 Å². The predicted octanol–water partition coefficient (Wildman–Crippen LogP) is 2.19. The molecule has 0 amide bonds. The van der Waals surface area contributed by atoms with Gasteiger partial charge in [-0.05, 0) is 25.2 Å². The number of hydrogen-bond acceptors (Lipinski definition) is 4. The zero-order chi connectivity index (χ0) is 14.3. The molecular formula is C14H26O4. The van der Waals surface area contributed by atoms with Gasteiger partial charge in [0, 0.05) is 13.0 Å². The minimum atomic E-state index is -0.840. The summed E-state index contributed by atoms with van der Waals surface area (Å²) in [6, 6.07) is 0. The number of aldehydes is 1. The number of carbonyl (C=O) groups is 2. The fourth-order valence-corrected chi connectivity index (χ4v) is 1.96. The van der Waals surface area contributed by atoms with Gasteiger partial charge in [0.15, 0.2) is 12.4 Å². The summed E-state index contributed by atoms with van der Waals surface area (Å²) < 4.78 is 5.20. The van der Waals surface area contributed by atoms with Crippen molar-refractivity contribution in [2.45, 2.75) is 53.6 Å². The van der Waals surface area contributed by atoms with Gasteiger partial charge in [0.2, 0.25) is 0 Å². The maximum Gasteiger partial charge on any atom is 0.312 e. The fourth-order valence-electron chi connectivity index (χ4n) is 1.96. The molecule has 1 N–H and O–H groups in total. The number of ether oxygens (including phenoxy) is 1. The van der Waals surface area contributed by atoms with Crippen LogP contribution in [0.15, 0.2) is 0 Å². The lowest BCUT2D eigenvalue weighted by molar-refractivity contribution is -0.166. The third-order valence-corrected chi connectivity index (χ3v) is 3.40. The number of carbonyl (C=O) groups excluding carboxylic acids is 2. The van der Waals surface area contributed by atoms with Crippen molar-refractivity contribution in [3.8, 4) is 0 Å². The van der Waals surface area contributed by atoms with Gasteiger partial charge in [-0.2, -0.15) is 0 Å². The summed E-state index contributed by atoms with van der Waals surface area (Å²) in [6.45, 7) is 9.77. The van der Waals surface area contributed by atoms with E-state index in [9.17, 15) is 9.59 Å². The van der Waals surface area contributed by atoms with E-state index in [2.05, 4.69) is 13.8 Å². The molecule has 4 nitrogen and oxygen atoms in total. The van der Waals surface area contributed by atoms with Crippen LogP contribution >= 0.6 is 0 Å². The Balaban J connectivity index is 4.81. The topological polar surface area (TPSA) is 63.6 Å². The molecule has 0 aliphatic carbocycles. The summed E-state index contributed by atoms with van der Waals surface area (Å²) in [5.41, 5.74) is -0.592. The lowest BCUT2D eigenvalue weighted by atomic mass is 9.73. The quantitative estimate of drug-likeness (QED) is 0.535. The molecule has 0 saturated carbocycles. The molecule has 0 aromatic rings. The first-order valence-corrected chi connectivity index (χ1v) is 6.55. The van der Waals surface area contributed by atoms with Crippen molar-refractivity contribution >= 4 is 12.3 Å². The lowest BCUT2D eigenvalue weighted by Gasteiger charge is -2.33. The molecule has 2 unspecified atom stereocenters. The Morgan fingerprint density at radius 3 is 2.22 bits per heavy atom. The van der Waals surface area contributed by atoms with Gasteiger partial charge in [0.1, 0.15) is 0 Å². The number of aliphatic hydroxyl groups is 1. The minimum absolute atomic E-state index is 0.133. The van der Waals surface area contributed by atoms with Gasteiger partial charge in [-0.3, -0.25) is 9.59 Å². The van der Waals surface area contributed by atoms with E-state index >= 15 is 0 Å². The maximum absolute atomic E-state index is 12.2. The summed E-state index contributed by atoms with van der Waals surface area (Å²) in [4.78, 5) is 23.0. The molecule has 0 radical (unpaired) electrons. The van der Waals surface area contributed by atoms with E-state index in [0.717, 1.165) is 0 Å². The predicted molar refractivity (Wildman–Crippen MR) is 70.0 cm³/mol. The van der Waals surface area contributed by atoms with Crippen LogP contribution in [0.3, 0.4) is 0 Å². The Bertz CT molecular complexity index is 273. The summed E-state index contributed by atoms with van der Waals surface area (Å²) in [5.74, 6) is 0.156. The fraction of sp³-hybridized carbons (Fsp3) is 0.857. The average molecular weight is 258 g/mol. The van der Waals surface area contributed by atoms with Crippen LogP contribution in [0.4, 0.5) is 0 Å². The highest BCUT2D eigenvalue weighted by atomic mass is 16.5. The van der Waals surface area contributed by atoms with Gasteiger partial charge in [-0.1, -0.05) is 27.7 Å². The monoisotopic (exact) mass is 258 g/mol. The second kappa shape index (κ2) is 7.52. The van der Waals surface area contributed by atoms with Gasteiger partial charge in [-0.25, -0.2) is 0 Å². The summed E-state index contributed by atoms with van der Waals surface area (Å²) in [6.07, 6.45) is 0.608. The molecule has 0 spiro atoms. The lowest BCUT2D eigenvalue weighted by Crippen LogP contribution is -2.39. The third-order valence-electron chi connectivity index (χ3n) is 3.40. The van der Waals surface area contributed by atoms with Crippen molar-refractivity contribution in [1.29, 1.82) is 0 Å². The minimum Gasteiger partial charge on any atom is -0.454 e. The van der Waals surface area contributed by atoms with Crippen molar-refractivity contribution in [3.63, 3.8) is 0 Å². The van der Waals surface area contributed by atoms with Gasteiger partial charge >= 0.3 is 5.97 Å². The van der Waals surface area contributed by atoms with E-state index < -0.39 is 11.5 Å². The van der Waals surface area contributed by atoms with Crippen LogP contribution in [0, 0.1) is 17.3 Å². The molecule has 0 saturated heterocycles. The molecule has 0 aromatic heterocycles. The normalized spacial score (nSPS) is 16.4. The molecule has 0 aliphatic heterocycles. The molecule has 0 aliphatic rings. The van der Waals surface area contributed by atoms with E-state index in [-0.39, 0.29) is 24.9 Å². The van der Waals surface area contributed by atoms with Gasteiger partial charge in [0.05, 0.1) is 5.41 Å². The molecule has 2 atom stereocenters. The second-order valence-corrected chi connectivity index (χ2v) is 5.76. The van der Waals surface area contributed by atoms with Crippen molar-refractivity contribution in [3.05, 3.63) is 0 Å². The molecule has 18 heavy (non-hydrogen) atoms. The summed E-state index contributed by atoms with van der Waals surface area (Å²) in [5, 5.41) is 8.79. The first kappa shape index (κ1) is 17.1. The number of esters is 1. The number of aliphatic hydroxyl groups excluding tert-OH is 1. The highest BCUT2D eigenvalue weighted by Crippen LogP contribution is 2.36. The van der Waals surface area contributed by atoms with E-state index in [1.165, 1.54) is 0 Å². The third kappa shape index (κ3) is 4.77. The van der Waals surface area contributed by atoms with Crippen LogP contribution in [-0.4, -0.2) is 30.1 Å². The summed E-state index contributed by atoms with van der Waals surface area (Å²) in [7, 11) is 0. The molecule has 0 bridgehead atoms. The largest absolute Gasteiger partial charge is 0.454 e. The maximum atomic E-state index is 12.2. The molecule has 0 rings (SSSR count). The Morgan fingerprint density at radius 2 is 1.89 bits per heavy atom. The zero-order valence-electron chi connectivity index (χ0n) is 12.1. The zero-order valence-corrected chi connectivity index (χ0v) is 12.1. The number of rotatable bonds is 8. The van der Waals surface area contributed by atoms with Crippen LogP contribution in [-0.2, 0) is 14.3 Å². The van der Waals surface area contributed by atoms with Crippen LogP contribution in [0.25, 0.3) is 0 Å². The van der Waals surface area contributed by atoms with E-state index in [1.54, 1.807) is 0 Å². The van der Waals surface area contributed by atoms with E-state index in [0.29, 0.717) is 18.6 Å². The van der Waals surface area contributed by atoms with Crippen LogP contribution in [0.2, 0.25) is 0 Å². The molecule has 0 heterocycles. The van der Waals surface area contributed by atoms with Crippen molar-refractivity contribution in [2.75, 3.05) is 6.61 Å². The smallest absolute Gasteiger partial charge is 0.312 e. The van der Waals surface area contributed by atoms with E-state index in [4.69, 9.17) is 9.84 Å². The van der Waals surface area contributed by atoms with Crippen LogP contribution < -0.4 is 0 Å². The van der Waals surface area contributed by atoms with E-state index in [1.807, 2.05) is 20.8 Å². The SMILES string of the molecule is CC(C)CC(C)(C(=O)OC(C=O)CCO)C(C)C. The molecule has 4 heteroatoms. The highest BCUT2D eigenvalue weighted by molar-refractivity contribution is 5.78. The van der Waals surface area contributed by atoms with Crippen LogP contribution in [0.1, 0.15) is 47.5 Å². The van der Waals surface area contributed by atoms with Gasteiger partial charge in [-0.15, -0.1) is 0 Å². The Morgan fingerprint density at radius 1 is 1.33 bits per heavy atom. The highest BCUT2D eigenvalue weighted by Gasteiger charge is 2.39. The molecule has 106 valence electrons. The van der Waals surface area contributed by atoms with Crippen LogP contribution in [0.5, 0.6) is 0 Å². The Kier molecular flexibility index (Phi) is 7.14. The molecule has 0 fully saturated rings. The van der Waals surface area contributed by atoms with Crippen molar-refractivity contribution in [2.24, 2.45) is 17.3 Å². The van der Waals surface area contributed by atoms with Crippen molar-refractivity contribution < 1.29 is 19.4 Å². The molecular weight excluding hydrogens is 232 g/mol. The Labute approximate surface area is 110 Å². The first-order valence-electron chi connectivity index (χ1n) is 6.55. The average Bonchev–Trinajstić information content (AvgIpc) is 2.26. The Hall–Kier alpha value is -0.900. The first-order chi connectivity index (χ1) is 8.27. The summed E-state index contributed by atoms with van der Waals surface area (Å²) >= 11 is 0.